The molecular weight excluding hydrogens is 289 g/mol. The molecule has 0 aliphatic heterocycles. The molecule has 20 heavy (non-hydrogen) atoms. The summed E-state index contributed by atoms with van der Waals surface area (Å²) in [6.07, 6.45) is 0. The minimum Gasteiger partial charge on any atom is -0.240 e. The highest BCUT2D eigenvalue weighted by molar-refractivity contribution is 7.98. The Kier molecular flexibility index (Phi) is 4.14. The zero-order valence-electron chi connectivity index (χ0n) is 10.6. The van der Waals surface area contributed by atoms with E-state index in [9.17, 15) is 4.39 Å². The van der Waals surface area contributed by atoms with Crippen molar-refractivity contribution in [3.63, 3.8) is 0 Å². The molecule has 0 radical (unpaired) electrons. The highest BCUT2D eigenvalue weighted by Gasteiger charge is 2.05. The Morgan fingerprint density at radius 1 is 1.00 bits per heavy atom. The standard InChI is InChI=1S/C16H12FNS2/c17-13-6-8-14(9-7-13)19-11-16-18-15(10-20-16)12-4-2-1-3-5-12/h1-10H,11H2. The molecule has 0 saturated carbocycles. The van der Waals surface area contributed by atoms with Gasteiger partial charge in [-0.2, -0.15) is 0 Å². The molecule has 4 heteroatoms. The van der Waals surface area contributed by atoms with Crippen molar-refractivity contribution in [1.82, 2.24) is 4.98 Å². The summed E-state index contributed by atoms with van der Waals surface area (Å²) in [4.78, 5) is 5.69. The summed E-state index contributed by atoms with van der Waals surface area (Å²) in [6.45, 7) is 0. The second-order valence-electron chi connectivity index (χ2n) is 4.24. The summed E-state index contributed by atoms with van der Waals surface area (Å²) in [7, 11) is 0. The Morgan fingerprint density at radius 2 is 1.75 bits per heavy atom. The molecule has 0 spiro atoms. The number of rotatable bonds is 4. The van der Waals surface area contributed by atoms with Crippen molar-refractivity contribution in [1.29, 1.82) is 0 Å². The molecule has 0 fully saturated rings. The number of halogens is 1. The van der Waals surface area contributed by atoms with E-state index in [4.69, 9.17) is 0 Å². The molecule has 100 valence electrons. The van der Waals surface area contributed by atoms with E-state index in [1.54, 1.807) is 35.2 Å². The van der Waals surface area contributed by atoms with Gasteiger partial charge in [0.1, 0.15) is 10.8 Å². The molecule has 0 unspecified atom stereocenters. The lowest BCUT2D eigenvalue weighted by atomic mass is 10.2. The van der Waals surface area contributed by atoms with Crippen LogP contribution in [0.15, 0.2) is 64.9 Å². The van der Waals surface area contributed by atoms with Crippen molar-refractivity contribution in [3.05, 3.63) is 70.8 Å². The van der Waals surface area contributed by atoms with E-state index in [0.29, 0.717) is 0 Å². The Labute approximate surface area is 125 Å². The third kappa shape index (κ3) is 3.26. The van der Waals surface area contributed by atoms with Crippen LogP contribution in [0.25, 0.3) is 11.3 Å². The van der Waals surface area contributed by atoms with Crippen LogP contribution in [0.1, 0.15) is 5.01 Å². The Bertz CT molecular complexity index is 677. The first-order valence-corrected chi connectivity index (χ1v) is 8.06. The lowest BCUT2D eigenvalue weighted by Gasteiger charge is -1.99. The monoisotopic (exact) mass is 301 g/mol. The van der Waals surface area contributed by atoms with Gasteiger partial charge in [-0.25, -0.2) is 9.37 Å². The van der Waals surface area contributed by atoms with Gasteiger partial charge < -0.3 is 0 Å². The molecule has 3 rings (SSSR count). The molecule has 1 heterocycles. The summed E-state index contributed by atoms with van der Waals surface area (Å²) >= 11 is 3.33. The van der Waals surface area contributed by atoms with Crippen molar-refractivity contribution < 1.29 is 4.39 Å². The average molecular weight is 301 g/mol. The summed E-state index contributed by atoms with van der Waals surface area (Å²) in [5.74, 6) is 0.610. The molecular formula is C16H12FNS2. The van der Waals surface area contributed by atoms with Crippen LogP contribution in [0.3, 0.4) is 0 Å². The first-order chi connectivity index (χ1) is 9.81. The van der Waals surface area contributed by atoms with E-state index in [1.165, 1.54) is 12.1 Å². The molecule has 1 nitrogen and oxygen atoms in total. The van der Waals surface area contributed by atoms with E-state index in [0.717, 1.165) is 26.9 Å². The number of nitrogens with zero attached hydrogens (tertiary/aromatic N) is 1. The molecule has 0 aliphatic rings. The Hall–Kier alpha value is -1.65. The molecule has 1 aromatic heterocycles. The molecule has 2 aromatic carbocycles. The number of thiazole rings is 1. The fourth-order valence-electron chi connectivity index (χ4n) is 1.79. The lowest BCUT2D eigenvalue weighted by Crippen LogP contribution is -1.81. The van der Waals surface area contributed by atoms with Gasteiger partial charge in [-0.3, -0.25) is 0 Å². The smallest absolute Gasteiger partial charge is 0.123 e. The quantitative estimate of drug-likeness (QED) is 0.611. The van der Waals surface area contributed by atoms with Gasteiger partial charge in [-0.05, 0) is 24.3 Å². The summed E-state index contributed by atoms with van der Waals surface area (Å²) in [6, 6.07) is 16.7. The molecule has 0 saturated heterocycles. The van der Waals surface area contributed by atoms with Crippen molar-refractivity contribution in [2.45, 2.75) is 10.6 Å². The maximum Gasteiger partial charge on any atom is 0.123 e. The van der Waals surface area contributed by atoms with Gasteiger partial charge in [-0.1, -0.05) is 30.3 Å². The SMILES string of the molecule is Fc1ccc(SCc2nc(-c3ccccc3)cs2)cc1. The third-order valence-corrected chi connectivity index (χ3v) is 4.85. The first-order valence-electron chi connectivity index (χ1n) is 6.19. The lowest BCUT2D eigenvalue weighted by molar-refractivity contribution is 0.626. The third-order valence-electron chi connectivity index (χ3n) is 2.80. The largest absolute Gasteiger partial charge is 0.240 e. The number of thioether (sulfide) groups is 1. The van der Waals surface area contributed by atoms with Crippen molar-refractivity contribution in [3.8, 4) is 11.3 Å². The molecule has 0 bridgehead atoms. The summed E-state index contributed by atoms with van der Waals surface area (Å²) in [5.41, 5.74) is 2.16. The predicted octanol–water partition coefficient (Wildman–Crippen LogP) is 5.24. The zero-order chi connectivity index (χ0) is 13.8. The summed E-state index contributed by atoms with van der Waals surface area (Å²) in [5, 5.41) is 3.16. The van der Waals surface area contributed by atoms with Gasteiger partial charge in [0.2, 0.25) is 0 Å². The second kappa shape index (κ2) is 6.20. The van der Waals surface area contributed by atoms with Crippen molar-refractivity contribution in [2.24, 2.45) is 0 Å². The number of hydrogen-bond donors (Lipinski definition) is 0. The van der Waals surface area contributed by atoms with Crippen molar-refractivity contribution >= 4 is 23.1 Å². The zero-order valence-corrected chi connectivity index (χ0v) is 12.3. The first kappa shape index (κ1) is 13.3. The minimum atomic E-state index is -0.199. The summed E-state index contributed by atoms with van der Waals surface area (Å²) < 4.78 is 12.8. The van der Waals surface area contributed by atoms with Crippen molar-refractivity contribution in [2.75, 3.05) is 0 Å². The van der Waals surface area contributed by atoms with Crippen LogP contribution in [0, 0.1) is 5.82 Å². The van der Waals surface area contributed by atoms with Crippen LogP contribution in [-0.2, 0) is 5.75 Å². The fourth-order valence-corrected chi connectivity index (χ4v) is 3.51. The van der Waals surface area contributed by atoms with Crippen LogP contribution >= 0.6 is 23.1 Å². The van der Waals surface area contributed by atoms with E-state index < -0.39 is 0 Å². The molecule has 0 N–H and O–H groups in total. The number of hydrogen-bond acceptors (Lipinski definition) is 3. The Balaban J connectivity index is 1.67. The van der Waals surface area contributed by atoms with Gasteiger partial charge in [-0.15, -0.1) is 23.1 Å². The van der Waals surface area contributed by atoms with E-state index in [1.807, 2.05) is 18.2 Å². The highest BCUT2D eigenvalue weighted by atomic mass is 32.2. The maximum absolute atomic E-state index is 12.8. The normalized spacial score (nSPS) is 10.7. The van der Waals surface area contributed by atoms with Gasteiger partial charge in [0.25, 0.3) is 0 Å². The molecule has 0 amide bonds. The van der Waals surface area contributed by atoms with Crippen LogP contribution in [-0.4, -0.2) is 4.98 Å². The van der Waals surface area contributed by atoms with Gasteiger partial charge >= 0.3 is 0 Å². The van der Waals surface area contributed by atoms with Gasteiger partial charge in [0.05, 0.1) is 11.4 Å². The van der Waals surface area contributed by atoms with Crippen LogP contribution in [0.4, 0.5) is 4.39 Å². The average Bonchev–Trinajstić information content (AvgIpc) is 2.97. The minimum absolute atomic E-state index is 0.199. The number of aromatic nitrogens is 1. The van der Waals surface area contributed by atoms with Crippen LogP contribution in [0.5, 0.6) is 0 Å². The molecule has 0 atom stereocenters. The maximum atomic E-state index is 12.8. The van der Waals surface area contributed by atoms with Gasteiger partial charge in [0, 0.05) is 15.8 Å². The van der Waals surface area contributed by atoms with Gasteiger partial charge in [0.15, 0.2) is 0 Å². The van der Waals surface area contributed by atoms with E-state index in [2.05, 4.69) is 22.5 Å². The topological polar surface area (TPSA) is 12.9 Å². The van der Waals surface area contributed by atoms with E-state index >= 15 is 0 Å². The fraction of sp³-hybridized carbons (Fsp3) is 0.0625. The van der Waals surface area contributed by atoms with Crippen LogP contribution < -0.4 is 0 Å². The Morgan fingerprint density at radius 3 is 2.50 bits per heavy atom. The molecule has 3 aromatic rings. The highest BCUT2D eigenvalue weighted by Crippen LogP contribution is 2.27. The molecule has 0 aliphatic carbocycles. The van der Waals surface area contributed by atoms with Crippen LogP contribution in [0.2, 0.25) is 0 Å². The second-order valence-corrected chi connectivity index (χ2v) is 6.23. The predicted molar refractivity (Wildman–Crippen MR) is 83.5 cm³/mol. The number of benzene rings is 2. The van der Waals surface area contributed by atoms with E-state index in [-0.39, 0.29) is 5.82 Å².